The molecule has 7 nitrogen and oxygen atoms in total. The van der Waals surface area contributed by atoms with Crippen LogP contribution in [0.25, 0.3) is 0 Å². The van der Waals surface area contributed by atoms with E-state index in [9.17, 15) is 8.42 Å². The van der Waals surface area contributed by atoms with Crippen molar-refractivity contribution in [1.29, 1.82) is 0 Å². The Bertz CT molecular complexity index is 993. The summed E-state index contributed by atoms with van der Waals surface area (Å²) in [6.45, 7) is 5.71. The molecule has 0 spiro atoms. The number of nitrogens with one attached hydrogen (secondary N) is 2. The van der Waals surface area contributed by atoms with Crippen LogP contribution in [-0.4, -0.2) is 59.8 Å². The molecule has 32 heavy (non-hydrogen) atoms. The van der Waals surface area contributed by atoms with Crippen LogP contribution in [0.4, 0.5) is 0 Å². The van der Waals surface area contributed by atoms with E-state index in [1.807, 2.05) is 52.2 Å². The number of hydrogen-bond acceptors (Lipinski definition) is 5. The molecule has 0 saturated carbocycles. The Balaban J connectivity index is 0.00000512. The van der Waals surface area contributed by atoms with Gasteiger partial charge >= 0.3 is 0 Å². The molecule has 0 aliphatic rings. The summed E-state index contributed by atoms with van der Waals surface area (Å²) in [4.78, 5) is 7.19. The molecule has 0 bridgehead atoms. The molecule has 2 aromatic rings. The number of ether oxygens (including phenoxy) is 1. The van der Waals surface area contributed by atoms with Crippen molar-refractivity contribution in [2.75, 3.05) is 40.6 Å². The van der Waals surface area contributed by atoms with Crippen molar-refractivity contribution in [2.24, 2.45) is 4.99 Å². The summed E-state index contributed by atoms with van der Waals surface area (Å²) in [6.07, 6.45) is 1.23. The van der Waals surface area contributed by atoms with Gasteiger partial charge in [-0.1, -0.05) is 24.3 Å². The van der Waals surface area contributed by atoms with Gasteiger partial charge in [0.15, 0.2) is 15.8 Å². The van der Waals surface area contributed by atoms with Crippen molar-refractivity contribution in [2.45, 2.75) is 31.3 Å². The highest BCUT2D eigenvalue weighted by Gasteiger charge is 2.15. The number of hydrogen-bond donors (Lipinski definition) is 2. The smallest absolute Gasteiger partial charge is 0.191 e. The summed E-state index contributed by atoms with van der Waals surface area (Å²) in [5.74, 6) is 1.55. The summed E-state index contributed by atoms with van der Waals surface area (Å²) in [7, 11) is 2.54. The summed E-state index contributed by atoms with van der Waals surface area (Å²) in [6, 6.07) is 13.6. The molecule has 0 amide bonds. The highest BCUT2D eigenvalue weighted by Crippen LogP contribution is 2.21. The first-order valence-corrected chi connectivity index (χ1v) is 12.2. The number of sulfone groups is 1. The first-order valence-electron chi connectivity index (χ1n) is 10.3. The largest absolute Gasteiger partial charge is 0.497 e. The zero-order valence-corrected chi connectivity index (χ0v) is 22.8. The molecule has 2 N–H and O–H groups in total. The van der Waals surface area contributed by atoms with Gasteiger partial charge in [0.05, 0.1) is 24.6 Å². The zero-order chi connectivity index (χ0) is 23.0. The maximum atomic E-state index is 11.8. The van der Waals surface area contributed by atoms with Crippen molar-refractivity contribution >= 4 is 39.8 Å². The zero-order valence-electron chi connectivity index (χ0n) is 19.7. The third-order valence-electron chi connectivity index (χ3n) is 4.99. The topological polar surface area (TPSA) is 83.0 Å². The van der Waals surface area contributed by atoms with Gasteiger partial charge in [-0.3, -0.25) is 0 Å². The Kier molecular flexibility index (Phi) is 11.5. The van der Waals surface area contributed by atoms with Crippen LogP contribution in [0.15, 0.2) is 52.4 Å². The Morgan fingerprint density at radius 1 is 1.12 bits per heavy atom. The average Bonchev–Trinajstić information content (AvgIpc) is 2.71. The minimum Gasteiger partial charge on any atom is -0.497 e. The SMILES string of the molecule is CCNC(=NCc1ccc(S(C)(=O)=O)c(C)c1)NCC(c1ccc(OC)cc1)N(C)C.I. The summed E-state index contributed by atoms with van der Waals surface area (Å²) in [5.41, 5.74) is 2.88. The van der Waals surface area contributed by atoms with Gasteiger partial charge in [-0.2, -0.15) is 0 Å². The molecule has 178 valence electrons. The Morgan fingerprint density at radius 2 is 1.78 bits per heavy atom. The van der Waals surface area contributed by atoms with Gasteiger partial charge in [0.1, 0.15) is 5.75 Å². The van der Waals surface area contributed by atoms with Crippen LogP contribution in [0.3, 0.4) is 0 Å². The molecular formula is C23H35IN4O3S. The number of benzene rings is 2. The molecule has 9 heteroatoms. The van der Waals surface area contributed by atoms with Crippen LogP contribution in [0.2, 0.25) is 0 Å². The number of rotatable bonds is 9. The third kappa shape index (κ3) is 8.25. The lowest BCUT2D eigenvalue weighted by Gasteiger charge is -2.26. The molecular weight excluding hydrogens is 539 g/mol. The molecule has 0 saturated heterocycles. The maximum Gasteiger partial charge on any atom is 0.191 e. The summed E-state index contributed by atoms with van der Waals surface area (Å²) in [5, 5.41) is 6.69. The average molecular weight is 575 g/mol. The molecule has 2 rings (SSSR count). The molecule has 2 aromatic carbocycles. The van der Waals surface area contributed by atoms with E-state index >= 15 is 0 Å². The Hall–Kier alpha value is -1.85. The molecule has 1 unspecified atom stereocenters. The van der Waals surface area contributed by atoms with E-state index in [2.05, 4.69) is 32.7 Å². The molecule has 0 aliphatic carbocycles. The highest BCUT2D eigenvalue weighted by molar-refractivity contribution is 14.0. The predicted octanol–water partition coefficient (Wildman–Crippen LogP) is 3.38. The van der Waals surface area contributed by atoms with Crippen molar-refractivity contribution in [3.63, 3.8) is 0 Å². The second-order valence-corrected chi connectivity index (χ2v) is 9.68. The van der Waals surface area contributed by atoms with E-state index in [0.717, 1.165) is 23.4 Å². The van der Waals surface area contributed by atoms with Crippen LogP contribution in [0.1, 0.15) is 29.7 Å². The van der Waals surface area contributed by atoms with Gasteiger partial charge in [-0.15, -0.1) is 24.0 Å². The molecule has 0 fully saturated rings. The van der Waals surface area contributed by atoms with E-state index in [-0.39, 0.29) is 30.0 Å². The van der Waals surface area contributed by atoms with Crippen LogP contribution < -0.4 is 15.4 Å². The van der Waals surface area contributed by atoms with Gasteiger partial charge in [0.25, 0.3) is 0 Å². The molecule has 0 aliphatic heterocycles. The standard InChI is InChI=1S/C23H34N4O3S.HI/c1-7-24-23(25-15-18-8-13-22(17(2)14-18)31(6,28)29)26-16-21(27(3)4)19-9-11-20(30-5)12-10-19;/h8-14,21H,7,15-16H2,1-6H3,(H2,24,25,26);1H. The van der Waals surface area contributed by atoms with Crippen molar-refractivity contribution in [3.8, 4) is 5.75 Å². The lowest BCUT2D eigenvalue weighted by atomic mass is 10.1. The van der Waals surface area contributed by atoms with E-state index in [1.165, 1.54) is 11.8 Å². The number of aryl methyl sites for hydroxylation is 1. The predicted molar refractivity (Wildman–Crippen MR) is 142 cm³/mol. The van der Waals surface area contributed by atoms with Crippen LogP contribution in [0, 0.1) is 6.92 Å². The maximum absolute atomic E-state index is 11.8. The van der Waals surface area contributed by atoms with Gasteiger partial charge < -0.3 is 20.3 Å². The van der Waals surface area contributed by atoms with Gasteiger partial charge in [-0.05, 0) is 62.8 Å². The van der Waals surface area contributed by atoms with Crippen LogP contribution in [-0.2, 0) is 16.4 Å². The second-order valence-electron chi connectivity index (χ2n) is 7.70. The van der Waals surface area contributed by atoms with Crippen molar-refractivity contribution < 1.29 is 13.2 Å². The summed E-state index contributed by atoms with van der Waals surface area (Å²) < 4.78 is 28.9. The number of nitrogens with zero attached hydrogens (tertiary/aromatic N) is 2. The number of likely N-dealkylation sites (N-methyl/N-ethyl adjacent to an activating group) is 1. The van der Waals surface area contributed by atoms with Gasteiger partial charge in [0, 0.05) is 19.3 Å². The number of methoxy groups -OCH3 is 1. The fraction of sp³-hybridized carbons (Fsp3) is 0.435. The van der Waals surface area contributed by atoms with E-state index in [4.69, 9.17) is 4.74 Å². The molecule has 0 aromatic heterocycles. The van der Waals surface area contributed by atoms with Crippen molar-refractivity contribution in [3.05, 3.63) is 59.2 Å². The first kappa shape index (κ1) is 28.2. The molecule has 0 radical (unpaired) electrons. The lowest BCUT2D eigenvalue weighted by Crippen LogP contribution is -2.41. The van der Waals surface area contributed by atoms with E-state index in [0.29, 0.717) is 23.9 Å². The fourth-order valence-electron chi connectivity index (χ4n) is 3.36. The highest BCUT2D eigenvalue weighted by atomic mass is 127. The molecule has 1 atom stereocenters. The Morgan fingerprint density at radius 3 is 2.28 bits per heavy atom. The Labute approximate surface area is 209 Å². The summed E-state index contributed by atoms with van der Waals surface area (Å²) >= 11 is 0. The van der Waals surface area contributed by atoms with Gasteiger partial charge in [0.2, 0.25) is 0 Å². The minimum absolute atomic E-state index is 0. The fourth-order valence-corrected chi connectivity index (χ4v) is 4.31. The second kappa shape index (κ2) is 13.0. The first-order chi connectivity index (χ1) is 14.7. The minimum atomic E-state index is -3.22. The lowest BCUT2D eigenvalue weighted by molar-refractivity contribution is 0.298. The van der Waals surface area contributed by atoms with Crippen LogP contribution in [0.5, 0.6) is 5.75 Å². The van der Waals surface area contributed by atoms with Crippen LogP contribution >= 0.6 is 24.0 Å². The van der Waals surface area contributed by atoms with E-state index in [1.54, 1.807) is 13.2 Å². The molecule has 0 heterocycles. The number of aliphatic imine (C=N–C) groups is 1. The monoisotopic (exact) mass is 574 g/mol. The van der Waals surface area contributed by atoms with E-state index < -0.39 is 9.84 Å². The van der Waals surface area contributed by atoms with Crippen molar-refractivity contribution in [1.82, 2.24) is 15.5 Å². The number of halogens is 1. The third-order valence-corrected chi connectivity index (χ3v) is 6.25. The quantitative estimate of drug-likeness (QED) is 0.272. The normalized spacial score (nSPS) is 12.8. The van der Waals surface area contributed by atoms with Gasteiger partial charge in [-0.25, -0.2) is 13.4 Å². The number of guanidine groups is 1.